The van der Waals surface area contributed by atoms with Crippen molar-refractivity contribution in [1.82, 2.24) is 20.3 Å². The van der Waals surface area contributed by atoms with Crippen molar-refractivity contribution in [3.63, 3.8) is 0 Å². The van der Waals surface area contributed by atoms with Crippen molar-refractivity contribution < 1.29 is 9.59 Å². The first kappa shape index (κ1) is 18.6. The quantitative estimate of drug-likeness (QED) is 0.575. The molecule has 0 radical (unpaired) electrons. The van der Waals surface area contributed by atoms with Crippen molar-refractivity contribution in [2.75, 3.05) is 11.9 Å². The number of aromatic amines is 1. The van der Waals surface area contributed by atoms with Gasteiger partial charge in [-0.05, 0) is 37.1 Å². The molecule has 1 unspecified atom stereocenters. The molecule has 140 valence electrons. The number of anilines is 1. The van der Waals surface area contributed by atoms with Gasteiger partial charge in [0, 0.05) is 36.0 Å². The van der Waals surface area contributed by atoms with Gasteiger partial charge in [-0.15, -0.1) is 0 Å². The molecule has 0 spiro atoms. The molecule has 7 heteroatoms. The van der Waals surface area contributed by atoms with Crippen LogP contribution in [0.25, 0.3) is 22.2 Å². The maximum Gasteiger partial charge on any atom is 0.321 e. The summed E-state index contributed by atoms with van der Waals surface area (Å²) in [5, 5.41) is 5.32. The standard InChI is InChI=1S/C20H23N5O2/c1-4-12(3)18(26)15-9-14(13-7-6-8-21-11-13)10-16-17(15)24-19(23-16)25-20(27)22-5-2/h6-12H,4-5H2,1-3H3,(H3,22,23,24,25,27). The first-order chi connectivity index (χ1) is 13.0. The summed E-state index contributed by atoms with van der Waals surface area (Å²) in [5.41, 5.74) is 3.57. The number of aromatic nitrogens is 3. The molecular formula is C20H23N5O2. The molecule has 1 atom stereocenters. The van der Waals surface area contributed by atoms with Gasteiger partial charge in [0.1, 0.15) is 5.52 Å². The Bertz CT molecular complexity index is 965. The van der Waals surface area contributed by atoms with Crippen LogP contribution in [0.2, 0.25) is 0 Å². The highest BCUT2D eigenvalue weighted by Gasteiger charge is 2.20. The zero-order valence-electron chi connectivity index (χ0n) is 15.7. The number of carbonyl (C=O) groups excluding carboxylic acids is 2. The van der Waals surface area contributed by atoms with E-state index in [1.807, 2.05) is 45.0 Å². The van der Waals surface area contributed by atoms with Gasteiger partial charge >= 0.3 is 6.03 Å². The lowest BCUT2D eigenvalue weighted by Crippen LogP contribution is -2.28. The van der Waals surface area contributed by atoms with E-state index < -0.39 is 0 Å². The van der Waals surface area contributed by atoms with Crippen molar-refractivity contribution in [1.29, 1.82) is 0 Å². The minimum atomic E-state index is -0.348. The van der Waals surface area contributed by atoms with Gasteiger partial charge in [0.15, 0.2) is 5.78 Å². The van der Waals surface area contributed by atoms with Crippen LogP contribution >= 0.6 is 0 Å². The van der Waals surface area contributed by atoms with Gasteiger partial charge in [-0.2, -0.15) is 0 Å². The highest BCUT2D eigenvalue weighted by Crippen LogP contribution is 2.29. The Kier molecular flexibility index (Phi) is 5.49. The van der Waals surface area contributed by atoms with E-state index in [2.05, 4.69) is 25.6 Å². The number of hydrogen-bond donors (Lipinski definition) is 3. The topological polar surface area (TPSA) is 99.8 Å². The summed E-state index contributed by atoms with van der Waals surface area (Å²) in [6, 6.07) is 7.21. The van der Waals surface area contributed by atoms with E-state index in [1.54, 1.807) is 12.4 Å². The van der Waals surface area contributed by atoms with Crippen molar-refractivity contribution in [3.8, 4) is 11.1 Å². The third kappa shape index (κ3) is 3.97. The average molecular weight is 365 g/mol. The SMILES string of the molecule is CCNC(=O)Nc1nc2c(C(=O)C(C)CC)cc(-c3cccnc3)cc2[nH]1. The number of carbonyl (C=O) groups is 2. The number of ketones is 1. The van der Waals surface area contributed by atoms with Crippen molar-refractivity contribution in [3.05, 3.63) is 42.2 Å². The van der Waals surface area contributed by atoms with Crippen LogP contribution in [0.1, 0.15) is 37.6 Å². The molecule has 3 N–H and O–H groups in total. The van der Waals surface area contributed by atoms with E-state index in [9.17, 15) is 9.59 Å². The number of fused-ring (bicyclic) bond motifs is 1. The zero-order chi connectivity index (χ0) is 19.4. The van der Waals surface area contributed by atoms with E-state index in [1.165, 1.54) is 0 Å². The Morgan fingerprint density at radius 1 is 1.22 bits per heavy atom. The predicted octanol–water partition coefficient (Wildman–Crippen LogP) is 4.00. The molecule has 0 fully saturated rings. The summed E-state index contributed by atoms with van der Waals surface area (Å²) in [6.07, 6.45) is 4.20. The van der Waals surface area contributed by atoms with Crippen LogP contribution in [0.5, 0.6) is 0 Å². The fraction of sp³-hybridized carbons (Fsp3) is 0.300. The number of H-pyrrole nitrogens is 1. The Morgan fingerprint density at radius 2 is 2.04 bits per heavy atom. The smallest absolute Gasteiger partial charge is 0.321 e. The van der Waals surface area contributed by atoms with Gasteiger partial charge in [-0.25, -0.2) is 9.78 Å². The van der Waals surface area contributed by atoms with Crippen LogP contribution in [0.15, 0.2) is 36.7 Å². The van der Waals surface area contributed by atoms with Gasteiger partial charge in [0.05, 0.1) is 5.52 Å². The lowest BCUT2D eigenvalue weighted by atomic mass is 9.93. The van der Waals surface area contributed by atoms with E-state index in [0.717, 1.165) is 17.5 Å². The first-order valence-electron chi connectivity index (χ1n) is 9.06. The van der Waals surface area contributed by atoms with Crippen LogP contribution in [-0.2, 0) is 0 Å². The summed E-state index contributed by atoms with van der Waals surface area (Å²) in [5.74, 6) is 0.218. The molecular weight excluding hydrogens is 342 g/mol. The predicted molar refractivity (Wildman–Crippen MR) is 106 cm³/mol. The number of hydrogen-bond acceptors (Lipinski definition) is 4. The second-order valence-corrected chi connectivity index (χ2v) is 6.41. The molecule has 1 aromatic carbocycles. The van der Waals surface area contributed by atoms with Gasteiger partial charge in [-0.1, -0.05) is 19.9 Å². The Morgan fingerprint density at radius 3 is 2.70 bits per heavy atom. The molecule has 7 nitrogen and oxygen atoms in total. The van der Waals surface area contributed by atoms with Crippen molar-refractivity contribution in [2.24, 2.45) is 5.92 Å². The molecule has 0 aliphatic carbocycles. The van der Waals surface area contributed by atoms with Crippen LogP contribution in [0.3, 0.4) is 0 Å². The fourth-order valence-corrected chi connectivity index (χ4v) is 2.83. The summed E-state index contributed by atoms with van der Waals surface area (Å²) < 4.78 is 0. The van der Waals surface area contributed by atoms with Crippen molar-refractivity contribution in [2.45, 2.75) is 27.2 Å². The summed E-state index contributed by atoms with van der Waals surface area (Å²) in [7, 11) is 0. The second-order valence-electron chi connectivity index (χ2n) is 6.41. The lowest BCUT2D eigenvalue weighted by molar-refractivity contribution is 0.0929. The number of nitrogens with one attached hydrogen (secondary N) is 3. The normalized spacial score (nSPS) is 12.0. The highest BCUT2D eigenvalue weighted by atomic mass is 16.2. The van der Waals surface area contributed by atoms with Gasteiger partial charge in [-0.3, -0.25) is 15.1 Å². The van der Waals surface area contributed by atoms with Crippen LogP contribution < -0.4 is 10.6 Å². The monoisotopic (exact) mass is 365 g/mol. The van der Waals surface area contributed by atoms with E-state index in [4.69, 9.17) is 0 Å². The summed E-state index contributed by atoms with van der Waals surface area (Å²) in [6.45, 7) is 6.24. The first-order valence-corrected chi connectivity index (χ1v) is 9.06. The molecule has 0 saturated carbocycles. The van der Waals surface area contributed by atoms with Gasteiger partial charge in [0.2, 0.25) is 5.95 Å². The van der Waals surface area contributed by atoms with E-state index in [0.29, 0.717) is 29.1 Å². The second kappa shape index (κ2) is 7.99. The average Bonchev–Trinajstić information content (AvgIpc) is 3.08. The minimum absolute atomic E-state index is 0.0318. The molecule has 0 aliphatic heterocycles. The van der Waals surface area contributed by atoms with Crippen LogP contribution in [0, 0.1) is 5.92 Å². The molecule has 2 aromatic heterocycles. The third-order valence-electron chi connectivity index (χ3n) is 4.48. The number of urea groups is 1. The molecule has 3 aromatic rings. The number of rotatable bonds is 6. The lowest BCUT2D eigenvalue weighted by Gasteiger charge is -2.10. The summed E-state index contributed by atoms with van der Waals surface area (Å²) in [4.78, 5) is 36.4. The third-order valence-corrected chi connectivity index (χ3v) is 4.48. The van der Waals surface area contributed by atoms with Crippen LogP contribution in [0.4, 0.5) is 10.7 Å². The van der Waals surface area contributed by atoms with Crippen molar-refractivity contribution >= 4 is 28.8 Å². The maximum absolute atomic E-state index is 12.9. The van der Waals surface area contributed by atoms with E-state index >= 15 is 0 Å². The number of pyridine rings is 1. The molecule has 0 bridgehead atoms. The Labute approximate surface area is 157 Å². The number of imidazole rings is 1. The number of benzene rings is 1. The molecule has 0 saturated heterocycles. The molecule has 0 aliphatic rings. The molecule has 2 heterocycles. The molecule has 2 amide bonds. The van der Waals surface area contributed by atoms with Crippen LogP contribution in [-0.4, -0.2) is 33.3 Å². The highest BCUT2D eigenvalue weighted by molar-refractivity contribution is 6.09. The zero-order valence-corrected chi connectivity index (χ0v) is 15.7. The molecule has 27 heavy (non-hydrogen) atoms. The number of Topliss-reactive ketones (excluding diaryl/α,β-unsaturated/α-hetero) is 1. The minimum Gasteiger partial charge on any atom is -0.338 e. The Hall–Kier alpha value is -3.22. The fourth-order valence-electron chi connectivity index (χ4n) is 2.83. The largest absolute Gasteiger partial charge is 0.338 e. The summed E-state index contributed by atoms with van der Waals surface area (Å²) >= 11 is 0. The molecule has 3 rings (SSSR count). The maximum atomic E-state index is 12.9. The van der Waals surface area contributed by atoms with Gasteiger partial charge in [0.25, 0.3) is 0 Å². The Balaban J connectivity index is 2.11. The number of amides is 2. The number of nitrogens with zero attached hydrogens (tertiary/aromatic N) is 2. The van der Waals surface area contributed by atoms with Gasteiger partial charge < -0.3 is 10.3 Å². The van der Waals surface area contributed by atoms with E-state index in [-0.39, 0.29) is 17.7 Å².